The Morgan fingerprint density at radius 3 is 1.77 bits per heavy atom. The molecule has 2 atom stereocenters. The van der Waals surface area contributed by atoms with Crippen LogP contribution in [0.3, 0.4) is 0 Å². The highest BCUT2D eigenvalue weighted by Crippen LogP contribution is 2.40. The quantitative estimate of drug-likeness (QED) is 0.609. The van der Waals surface area contributed by atoms with Crippen LogP contribution in [0.1, 0.15) is 51.2 Å². The van der Waals surface area contributed by atoms with Crippen LogP contribution in [0, 0.1) is 5.92 Å². The van der Waals surface area contributed by atoms with Crippen LogP contribution in [0.25, 0.3) is 0 Å². The average molecular weight is 352 g/mol. The van der Waals surface area contributed by atoms with E-state index in [1.54, 1.807) is 0 Å². The molecule has 0 N–H and O–H groups in total. The van der Waals surface area contributed by atoms with Gasteiger partial charge in [0, 0.05) is 12.5 Å². The van der Waals surface area contributed by atoms with E-state index in [2.05, 4.69) is 64.0 Å². The number of hydrogen-bond acceptors (Lipinski definition) is 2. The van der Waals surface area contributed by atoms with Gasteiger partial charge in [0.2, 0.25) is 0 Å². The summed E-state index contributed by atoms with van der Waals surface area (Å²) in [5, 5.41) is 0. The molecule has 0 saturated heterocycles. The molecule has 0 spiro atoms. The number of carbonyl (C=O) groups excluding carboxylic acids is 1. The molecule has 0 aliphatic carbocycles. The molecule has 1 unspecified atom stereocenters. The maximum Gasteiger partial charge on any atom is 0.148 e. The summed E-state index contributed by atoms with van der Waals surface area (Å²) >= 11 is 0. The van der Waals surface area contributed by atoms with Gasteiger partial charge in [0.15, 0.2) is 0 Å². The van der Waals surface area contributed by atoms with Gasteiger partial charge in [-0.2, -0.15) is 0 Å². The zero-order valence-electron chi connectivity index (χ0n) is 16.9. The topological polar surface area (TPSA) is 20.3 Å². The van der Waals surface area contributed by atoms with Gasteiger partial charge in [0.1, 0.15) is 5.78 Å². The van der Waals surface area contributed by atoms with Gasteiger partial charge in [-0.1, -0.05) is 80.9 Å². The standard InChI is InChI=1S/C24H33NO/c1-6-19(2)17-23(26)24(18-20(3)25(4)5,21-13-9-7-10-14-21)22-15-11-8-12-16-22/h7-16,19-20H,6,17-18H2,1-5H3/t19?,20-/m0/s1. The molecule has 0 aromatic heterocycles. The molecule has 0 aliphatic rings. The Kier molecular flexibility index (Phi) is 7.16. The molecule has 26 heavy (non-hydrogen) atoms. The van der Waals surface area contributed by atoms with Crippen molar-refractivity contribution in [3.8, 4) is 0 Å². The normalized spacial score (nSPS) is 14.2. The summed E-state index contributed by atoms with van der Waals surface area (Å²) in [7, 11) is 4.18. The van der Waals surface area contributed by atoms with Crippen molar-refractivity contribution in [2.24, 2.45) is 5.92 Å². The van der Waals surface area contributed by atoms with E-state index in [1.807, 2.05) is 36.4 Å². The summed E-state index contributed by atoms with van der Waals surface area (Å²) in [5.41, 5.74) is 1.61. The first-order valence-electron chi connectivity index (χ1n) is 9.72. The van der Waals surface area contributed by atoms with Gasteiger partial charge in [-0.3, -0.25) is 4.79 Å². The van der Waals surface area contributed by atoms with Gasteiger partial charge in [-0.25, -0.2) is 0 Å². The van der Waals surface area contributed by atoms with E-state index < -0.39 is 5.41 Å². The second-order valence-electron chi connectivity index (χ2n) is 7.79. The van der Waals surface area contributed by atoms with Crippen LogP contribution in [0.4, 0.5) is 0 Å². The fourth-order valence-corrected chi connectivity index (χ4v) is 3.54. The van der Waals surface area contributed by atoms with Crippen molar-refractivity contribution in [2.75, 3.05) is 14.1 Å². The smallest absolute Gasteiger partial charge is 0.148 e. The highest BCUT2D eigenvalue weighted by Gasteiger charge is 2.42. The third-order valence-electron chi connectivity index (χ3n) is 5.72. The molecule has 0 fully saturated rings. The van der Waals surface area contributed by atoms with Gasteiger partial charge in [0.05, 0.1) is 5.41 Å². The SMILES string of the molecule is CCC(C)CC(=O)C(C[C@H](C)N(C)C)(c1ccccc1)c1ccccc1. The predicted molar refractivity (Wildman–Crippen MR) is 111 cm³/mol. The second kappa shape index (κ2) is 9.14. The molecule has 0 amide bonds. The maximum atomic E-state index is 13.8. The lowest BCUT2D eigenvalue weighted by atomic mass is 9.66. The molecule has 0 saturated carbocycles. The first-order valence-corrected chi connectivity index (χ1v) is 9.72. The molecule has 0 heterocycles. The number of benzene rings is 2. The van der Waals surface area contributed by atoms with Gasteiger partial charge in [-0.15, -0.1) is 0 Å². The minimum atomic E-state index is -0.602. The number of rotatable bonds is 9. The highest BCUT2D eigenvalue weighted by atomic mass is 16.1. The molecule has 0 aliphatic heterocycles. The Bertz CT molecular complexity index is 638. The Morgan fingerprint density at radius 1 is 0.923 bits per heavy atom. The van der Waals surface area contributed by atoms with Crippen LogP contribution >= 0.6 is 0 Å². The maximum absolute atomic E-state index is 13.8. The summed E-state index contributed by atoms with van der Waals surface area (Å²) in [6.07, 6.45) is 2.42. The van der Waals surface area contributed by atoms with E-state index in [4.69, 9.17) is 0 Å². The number of hydrogen-bond donors (Lipinski definition) is 0. The summed E-state index contributed by atoms with van der Waals surface area (Å²) in [5.74, 6) is 0.724. The first-order chi connectivity index (χ1) is 12.4. The van der Waals surface area contributed by atoms with E-state index in [0.29, 0.717) is 18.1 Å². The summed E-state index contributed by atoms with van der Waals surface area (Å²) in [6.45, 7) is 6.54. The van der Waals surface area contributed by atoms with Crippen molar-refractivity contribution < 1.29 is 4.79 Å². The predicted octanol–water partition coefficient (Wildman–Crippen LogP) is 5.32. The van der Waals surface area contributed by atoms with Crippen LogP contribution < -0.4 is 0 Å². The summed E-state index contributed by atoms with van der Waals surface area (Å²) < 4.78 is 0. The molecule has 2 aromatic carbocycles. The Morgan fingerprint density at radius 2 is 1.38 bits per heavy atom. The molecular formula is C24H33NO. The Labute approximate surface area is 159 Å². The number of Topliss-reactive ketones (excluding diaryl/α,β-unsaturated/α-hetero) is 1. The number of nitrogens with zero attached hydrogens (tertiary/aromatic N) is 1. The van der Waals surface area contributed by atoms with Crippen LogP contribution in [0.2, 0.25) is 0 Å². The largest absolute Gasteiger partial charge is 0.307 e. The lowest BCUT2D eigenvalue weighted by Crippen LogP contribution is -2.43. The van der Waals surface area contributed by atoms with E-state index in [-0.39, 0.29) is 6.04 Å². The minimum Gasteiger partial charge on any atom is -0.307 e. The lowest BCUT2D eigenvalue weighted by Gasteiger charge is -2.38. The molecule has 2 nitrogen and oxygen atoms in total. The molecule has 2 heteroatoms. The molecule has 140 valence electrons. The van der Waals surface area contributed by atoms with Gasteiger partial charge in [-0.05, 0) is 44.5 Å². The minimum absolute atomic E-state index is 0.288. The lowest BCUT2D eigenvalue weighted by molar-refractivity contribution is -0.124. The average Bonchev–Trinajstić information content (AvgIpc) is 2.66. The van der Waals surface area contributed by atoms with Crippen LogP contribution in [0.15, 0.2) is 60.7 Å². The second-order valence-corrected chi connectivity index (χ2v) is 7.79. The fourth-order valence-electron chi connectivity index (χ4n) is 3.54. The van der Waals surface area contributed by atoms with E-state index in [1.165, 1.54) is 0 Å². The highest BCUT2D eigenvalue weighted by molar-refractivity contribution is 5.94. The van der Waals surface area contributed by atoms with E-state index >= 15 is 0 Å². The van der Waals surface area contributed by atoms with E-state index in [9.17, 15) is 4.79 Å². The first kappa shape index (κ1) is 20.4. The molecule has 2 rings (SSSR count). The third kappa shape index (κ3) is 4.42. The molecule has 0 radical (unpaired) electrons. The van der Waals surface area contributed by atoms with Gasteiger partial charge >= 0.3 is 0 Å². The molecule has 2 aromatic rings. The zero-order valence-corrected chi connectivity index (χ0v) is 16.9. The van der Waals surface area contributed by atoms with Gasteiger partial charge < -0.3 is 4.90 Å². The van der Waals surface area contributed by atoms with Crippen molar-refractivity contribution in [2.45, 2.75) is 51.5 Å². The molecule has 0 bridgehead atoms. The van der Waals surface area contributed by atoms with Crippen molar-refractivity contribution in [1.29, 1.82) is 0 Å². The number of carbonyl (C=O) groups is 1. The van der Waals surface area contributed by atoms with Crippen LogP contribution in [0.5, 0.6) is 0 Å². The third-order valence-corrected chi connectivity index (χ3v) is 5.72. The van der Waals surface area contributed by atoms with Crippen LogP contribution in [-0.2, 0) is 10.2 Å². The fraction of sp³-hybridized carbons (Fsp3) is 0.458. The Balaban J connectivity index is 2.64. The summed E-state index contributed by atoms with van der Waals surface area (Å²) in [6, 6.07) is 21.0. The van der Waals surface area contributed by atoms with Crippen molar-refractivity contribution >= 4 is 5.78 Å². The van der Waals surface area contributed by atoms with Crippen molar-refractivity contribution in [3.63, 3.8) is 0 Å². The number of ketones is 1. The zero-order chi connectivity index (χ0) is 19.2. The molecular weight excluding hydrogens is 318 g/mol. The van der Waals surface area contributed by atoms with Gasteiger partial charge in [0.25, 0.3) is 0 Å². The summed E-state index contributed by atoms with van der Waals surface area (Å²) in [4.78, 5) is 16.0. The monoisotopic (exact) mass is 351 g/mol. The van der Waals surface area contributed by atoms with Crippen molar-refractivity contribution in [3.05, 3.63) is 71.8 Å². The Hall–Kier alpha value is -1.93. The van der Waals surface area contributed by atoms with Crippen LogP contribution in [-0.4, -0.2) is 30.8 Å². The van der Waals surface area contributed by atoms with Crippen molar-refractivity contribution in [1.82, 2.24) is 4.90 Å². The van der Waals surface area contributed by atoms with E-state index in [0.717, 1.165) is 24.0 Å².